The average Bonchev–Trinajstić information content (AvgIpc) is 2.71. The largest absolute Gasteiger partial charge is 0.285 e. The minimum atomic E-state index is -0.122. The number of halogens is 1. The normalized spacial score (nSPS) is 10.8. The van der Waals surface area contributed by atoms with E-state index in [-0.39, 0.29) is 11.8 Å². The third-order valence-electron chi connectivity index (χ3n) is 2.35. The molecule has 0 aromatic carbocycles. The Morgan fingerprint density at radius 1 is 1.41 bits per heavy atom. The van der Waals surface area contributed by atoms with Crippen molar-refractivity contribution >= 4 is 21.7 Å². The van der Waals surface area contributed by atoms with Gasteiger partial charge in [-0.1, -0.05) is 6.07 Å². The molecular weight excluding hydrogens is 282 g/mol. The number of aromatic nitrogens is 3. The zero-order valence-corrected chi connectivity index (χ0v) is 11.2. The van der Waals surface area contributed by atoms with E-state index in [1.165, 1.54) is 0 Å². The third kappa shape index (κ3) is 2.29. The van der Waals surface area contributed by atoms with Gasteiger partial charge < -0.3 is 0 Å². The van der Waals surface area contributed by atoms with Gasteiger partial charge in [-0.2, -0.15) is 5.10 Å². The van der Waals surface area contributed by atoms with E-state index in [0.29, 0.717) is 15.9 Å². The van der Waals surface area contributed by atoms with Crippen LogP contribution in [0.5, 0.6) is 0 Å². The predicted molar refractivity (Wildman–Crippen MR) is 68.0 cm³/mol. The molecule has 0 aliphatic carbocycles. The summed E-state index contributed by atoms with van der Waals surface area (Å²) < 4.78 is 2.39. The average molecular weight is 294 g/mol. The summed E-state index contributed by atoms with van der Waals surface area (Å²) >= 11 is 3.35. The lowest BCUT2D eigenvalue weighted by Gasteiger charge is -2.10. The van der Waals surface area contributed by atoms with Crippen molar-refractivity contribution < 1.29 is 4.79 Å². The first kappa shape index (κ1) is 12.0. The fourth-order valence-electron chi connectivity index (χ4n) is 1.56. The Morgan fingerprint density at radius 2 is 2.18 bits per heavy atom. The van der Waals surface area contributed by atoms with E-state index < -0.39 is 0 Å². The second kappa shape index (κ2) is 4.79. The number of pyridine rings is 1. The maximum Gasteiger partial charge on any atom is 0.230 e. The SMILES string of the molecule is CC(C)n1ncc(Br)c1C(=O)c1ccccn1. The van der Waals surface area contributed by atoms with Crippen molar-refractivity contribution in [2.45, 2.75) is 19.9 Å². The molecule has 0 bridgehead atoms. The first-order chi connectivity index (χ1) is 8.11. The summed E-state index contributed by atoms with van der Waals surface area (Å²) in [4.78, 5) is 16.4. The van der Waals surface area contributed by atoms with Gasteiger partial charge in [0.2, 0.25) is 5.78 Å². The highest BCUT2D eigenvalue weighted by molar-refractivity contribution is 9.10. The minimum absolute atomic E-state index is 0.122. The van der Waals surface area contributed by atoms with E-state index in [1.807, 2.05) is 13.8 Å². The first-order valence-electron chi connectivity index (χ1n) is 5.30. The van der Waals surface area contributed by atoms with E-state index in [4.69, 9.17) is 0 Å². The van der Waals surface area contributed by atoms with Crippen LogP contribution in [-0.4, -0.2) is 20.5 Å². The topological polar surface area (TPSA) is 47.8 Å². The lowest BCUT2D eigenvalue weighted by molar-refractivity contribution is 0.102. The molecule has 17 heavy (non-hydrogen) atoms. The fraction of sp³-hybridized carbons (Fsp3) is 0.250. The van der Waals surface area contributed by atoms with Crippen LogP contribution in [0.3, 0.4) is 0 Å². The summed E-state index contributed by atoms with van der Waals surface area (Å²) in [6.45, 7) is 3.96. The Balaban J connectivity index is 2.48. The van der Waals surface area contributed by atoms with Crippen LogP contribution in [0.15, 0.2) is 35.1 Å². The molecule has 0 radical (unpaired) electrons. The number of carbonyl (C=O) groups excluding carboxylic acids is 1. The van der Waals surface area contributed by atoms with Crippen LogP contribution in [-0.2, 0) is 0 Å². The van der Waals surface area contributed by atoms with Crippen molar-refractivity contribution in [3.05, 3.63) is 46.5 Å². The van der Waals surface area contributed by atoms with Crippen LogP contribution >= 0.6 is 15.9 Å². The fourth-order valence-corrected chi connectivity index (χ4v) is 2.02. The van der Waals surface area contributed by atoms with Gasteiger partial charge in [0.25, 0.3) is 0 Å². The van der Waals surface area contributed by atoms with Gasteiger partial charge in [0.1, 0.15) is 11.4 Å². The molecule has 0 fully saturated rings. The summed E-state index contributed by atoms with van der Waals surface area (Å²) in [6, 6.07) is 5.41. The number of rotatable bonds is 3. The Kier molecular flexibility index (Phi) is 3.38. The second-order valence-electron chi connectivity index (χ2n) is 3.92. The smallest absolute Gasteiger partial charge is 0.230 e. The van der Waals surface area contributed by atoms with Crippen molar-refractivity contribution in [2.24, 2.45) is 0 Å². The van der Waals surface area contributed by atoms with Gasteiger partial charge in [0.15, 0.2) is 0 Å². The van der Waals surface area contributed by atoms with Crippen molar-refractivity contribution in [1.29, 1.82) is 0 Å². The zero-order valence-electron chi connectivity index (χ0n) is 9.59. The van der Waals surface area contributed by atoms with Crippen LogP contribution in [0.1, 0.15) is 36.1 Å². The highest BCUT2D eigenvalue weighted by Gasteiger charge is 2.20. The molecule has 2 aromatic rings. The molecule has 0 saturated carbocycles. The second-order valence-corrected chi connectivity index (χ2v) is 4.78. The molecule has 0 unspecified atom stereocenters. The summed E-state index contributed by atoms with van der Waals surface area (Å²) in [5.74, 6) is -0.122. The van der Waals surface area contributed by atoms with Crippen LogP contribution in [0.4, 0.5) is 0 Å². The lowest BCUT2D eigenvalue weighted by Crippen LogP contribution is -2.14. The van der Waals surface area contributed by atoms with Crippen molar-refractivity contribution in [2.75, 3.05) is 0 Å². The Bertz CT molecular complexity index is 534. The molecule has 0 saturated heterocycles. The highest BCUT2D eigenvalue weighted by atomic mass is 79.9. The number of hydrogen-bond donors (Lipinski definition) is 0. The van der Waals surface area contributed by atoms with Gasteiger partial charge in [0, 0.05) is 12.2 Å². The quantitative estimate of drug-likeness (QED) is 0.818. The monoisotopic (exact) mass is 293 g/mol. The molecule has 2 heterocycles. The van der Waals surface area contributed by atoms with Crippen LogP contribution in [0, 0.1) is 0 Å². The summed E-state index contributed by atoms with van der Waals surface area (Å²) in [5.41, 5.74) is 0.967. The summed E-state index contributed by atoms with van der Waals surface area (Å²) in [7, 11) is 0. The van der Waals surface area contributed by atoms with Crippen LogP contribution in [0.2, 0.25) is 0 Å². The Labute approximate surface area is 108 Å². The highest BCUT2D eigenvalue weighted by Crippen LogP contribution is 2.21. The van der Waals surface area contributed by atoms with E-state index in [9.17, 15) is 4.79 Å². The number of nitrogens with zero attached hydrogens (tertiary/aromatic N) is 3. The number of hydrogen-bond acceptors (Lipinski definition) is 3. The summed E-state index contributed by atoms with van der Waals surface area (Å²) in [5, 5.41) is 4.18. The van der Waals surface area contributed by atoms with Gasteiger partial charge in [-0.25, -0.2) is 0 Å². The van der Waals surface area contributed by atoms with Gasteiger partial charge in [-0.05, 0) is 41.9 Å². The minimum Gasteiger partial charge on any atom is -0.285 e. The predicted octanol–water partition coefficient (Wildman–Crippen LogP) is 2.85. The molecule has 0 N–H and O–H groups in total. The standard InChI is InChI=1S/C12H12BrN3O/c1-8(2)16-11(9(13)7-15-16)12(17)10-5-3-4-6-14-10/h3-8H,1-2H3. The molecular formula is C12H12BrN3O. The van der Waals surface area contributed by atoms with Crippen LogP contribution in [0.25, 0.3) is 0 Å². The number of ketones is 1. The number of carbonyl (C=O) groups is 1. The van der Waals surface area contributed by atoms with Gasteiger partial charge in [-0.3, -0.25) is 14.5 Å². The van der Waals surface area contributed by atoms with Gasteiger partial charge in [0.05, 0.1) is 10.7 Å². The van der Waals surface area contributed by atoms with E-state index in [1.54, 1.807) is 35.3 Å². The molecule has 0 spiro atoms. The maximum absolute atomic E-state index is 12.3. The molecule has 88 valence electrons. The van der Waals surface area contributed by atoms with E-state index in [2.05, 4.69) is 26.0 Å². The molecule has 0 amide bonds. The molecule has 0 atom stereocenters. The molecule has 4 nitrogen and oxygen atoms in total. The van der Waals surface area contributed by atoms with Gasteiger partial charge in [-0.15, -0.1) is 0 Å². The van der Waals surface area contributed by atoms with Crippen molar-refractivity contribution in [3.63, 3.8) is 0 Å². The van der Waals surface area contributed by atoms with Crippen molar-refractivity contribution in [3.8, 4) is 0 Å². The molecule has 2 rings (SSSR count). The molecule has 2 aromatic heterocycles. The Hall–Kier alpha value is -1.49. The lowest BCUT2D eigenvalue weighted by atomic mass is 10.2. The van der Waals surface area contributed by atoms with Crippen molar-refractivity contribution in [1.82, 2.24) is 14.8 Å². The zero-order chi connectivity index (χ0) is 12.4. The van der Waals surface area contributed by atoms with E-state index in [0.717, 1.165) is 0 Å². The molecule has 5 heteroatoms. The summed E-state index contributed by atoms with van der Waals surface area (Å²) in [6.07, 6.45) is 3.24. The Morgan fingerprint density at radius 3 is 2.76 bits per heavy atom. The maximum atomic E-state index is 12.3. The molecule has 0 aliphatic rings. The first-order valence-corrected chi connectivity index (χ1v) is 6.09. The molecule has 0 aliphatic heterocycles. The van der Waals surface area contributed by atoms with Crippen LogP contribution < -0.4 is 0 Å². The third-order valence-corrected chi connectivity index (χ3v) is 2.93. The van der Waals surface area contributed by atoms with E-state index >= 15 is 0 Å². The van der Waals surface area contributed by atoms with Gasteiger partial charge >= 0.3 is 0 Å².